The number of nitrogens with zero attached hydrogens (tertiary/aromatic N) is 1. The number of amides is 2. The third-order valence-corrected chi connectivity index (χ3v) is 6.41. The summed E-state index contributed by atoms with van der Waals surface area (Å²) >= 11 is 7.60. The molecule has 0 unspecified atom stereocenters. The number of rotatable bonds is 7. The fourth-order valence-corrected chi connectivity index (χ4v) is 4.43. The van der Waals surface area contributed by atoms with Gasteiger partial charge in [-0.1, -0.05) is 41.9 Å². The van der Waals surface area contributed by atoms with Crippen molar-refractivity contribution in [2.75, 3.05) is 6.54 Å². The molecular formula is C25H17ClFN3O4S. The second-order valence-corrected chi connectivity index (χ2v) is 8.58. The fraction of sp³-hybridized carbons (Fsp3) is 0.0400. The molecule has 2 amide bonds. The number of para-hydroxylation sites is 1. The number of carbonyl (C=O) groups excluding carboxylic acids is 3. The molecule has 0 saturated heterocycles. The van der Waals surface area contributed by atoms with Crippen molar-refractivity contribution in [2.24, 2.45) is 5.10 Å². The molecule has 3 aromatic carbocycles. The minimum Gasteiger partial charge on any atom is -0.422 e. The van der Waals surface area contributed by atoms with Crippen LogP contribution in [0.1, 0.15) is 25.6 Å². The zero-order valence-corrected chi connectivity index (χ0v) is 19.5. The predicted octanol–water partition coefficient (Wildman–Crippen LogP) is 4.79. The number of ether oxygens (including phenoxy) is 1. The Morgan fingerprint density at radius 3 is 2.49 bits per heavy atom. The van der Waals surface area contributed by atoms with E-state index in [1.165, 1.54) is 29.7 Å². The predicted molar refractivity (Wildman–Crippen MR) is 133 cm³/mol. The first-order valence-electron chi connectivity index (χ1n) is 10.3. The van der Waals surface area contributed by atoms with Crippen molar-refractivity contribution in [3.63, 3.8) is 0 Å². The first-order valence-corrected chi connectivity index (χ1v) is 11.5. The van der Waals surface area contributed by atoms with E-state index in [9.17, 15) is 18.8 Å². The van der Waals surface area contributed by atoms with Crippen LogP contribution in [-0.4, -0.2) is 30.5 Å². The summed E-state index contributed by atoms with van der Waals surface area (Å²) in [5.74, 6) is -1.95. The van der Waals surface area contributed by atoms with Crippen LogP contribution in [0, 0.1) is 5.82 Å². The summed E-state index contributed by atoms with van der Waals surface area (Å²) in [4.78, 5) is 37.0. The molecule has 0 aliphatic rings. The Morgan fingerprint density at radius 1 is 1.00 bits per heavy atom. The zero-order valence-electron chi connectivity index (χ0n) is 18.0. The van der Waals surface area contributed by atoms with E-state index in [0.29, 0.717) is 10.6 Å². The first-order chi connectivity index (χ1) is 16.9. The number of fused-ring (bicyclic) bond motifs is 1. The zero-order chi connectivity index (χ0) is 24.8. The molecule has 0 radical (unpaired) electrons. The highest BCUT2D eigenvalue weighted by molar-refractivity contribution is 7.21. The lowest BCUT2D eigenvalue weighted by molar-refractivity contribution is -0.120. The van der Waals surface area contributed by atoms with E-state index >= 15 is 0 Å². The van der Waals surface area contributed by atoms with Crippen LogP contribution in [0.3, 0.4) is 0 Å². The highest BCUT2D eigenvalue weighted by Crippen LogP contribution is 2.35. The largest absolute Gasteiger partial charge is 0.422 e. The van der Waals surface area contributed by atoms with Gasteiger partial charge in [0.05, 0.1) is 17.8 Å². The van der Waals surface area contributed by atoms with Crippen LogP contribution in [0.25, 0.3) is 10.1 Å². The van der Waals surface area contributed by atoms with Crippen LogP contribution in [0.15, 0.2) is 77.9 Å². The van der Waals surface area contributed by atoms with Gasteiger partial charge in [-0.3, -0.25) is 9.59 Å². The van der Waals surface area contributed by atoms with Crippen LogP contribution in [0.5, 0.6) is 5.75 Å². The molecule has 4 rings (SSSR count). The van der Waals surface area contributed by atoms with E-state index in [0.717, 1.165) is 22.2 Å². The monoisotopic (exact) mass is 509 g/mol. The molecule has 0 spiro atoms. The smallest absolute Gasteiger partial charge is 0.355 e. The van der Waals surface area contributed by atoms with E-state index < -0.39 is 23.6 Å². The van der Waals surface area contributed by atoms with E-state index in [4.69, 9.17) is 16.3 Å². The van der Waals surface area contributed by atoms with Gasteiger partial charge in [0.25, 0.3) is 11.8 Å². The number of esters is 1. The molecule has 0 aliphatic carbocycles. The van der Waals surface area contributed by atoms with Crippen molar-refractivity contribution in [2.45, 2.75) is 0 Å². The molecule has 0 saturated carbocycles. The maximum Gasteiger partial charge on any atom is 0.355 e. The molecule has 0 atom stereocenters. The quantitative estimate of drug-likeness (QED) is 0.162. The number of hydrogen-bond donors (Lipinski definition) is 2. The third kappa shape index (κ3) is 5.89. The van der Waals surface area contributed by atoms with Crippen LogP contribution < -0.4 is 15.5 Å². The van der Waals surface area contributed by atoms with Crippen molar-refractivity contribution in [1.82, 2.24) is 10.7 Å². The molecule has 4 aromatic rings. The van der Waals surface area contributed by atoms with Gasteiger partial charge >= 0.3 is 5.97 Å². The molecule has 176 valence electrons. The Labute approximate surface area is 208 Å². The molecule has 0 fully saturated rings. The summed E-state index contributed by atoms with van der Waals surface area (Å²) in [6.07, 6.45) is 1.31. The minimum absolute atomic E-state index is 0.220. The topological polar surface area (TPSA) is 96.9 Å². The maximum atomic E-state index is 12.9. The van der Waals surface area contributed by atoms with Gasteiger partial charge in [-0.15, -0.1) is 11.3 Å². The number of hydrogen-bond acceptors (Lipinski definition) is 6. The van der Waals surface area contributed by atoms with Gasteiger partial charge in [-0.05, 0) is 42.5 Å². The molecule has 2 N–H and O–H groups in total. The average Bonchev–Trinajstić information content (AvgIpc) is 3.20. The Kier molecular flexibility index (Phi) is 7.49. The highest BCUT2D eigenvalue weighted by atomic mass is 35.5. The molecular weight excluding hydrogens is 493 g/mol. The summed E-state index contributed by atoms with van der Waals surface area (Å²) in [5.41, 5.74) is 2.94. The number of carbonyl (C=O) groups is 3. The van der Waals surface area contributed by atoms with Gasteiger partial charge in [0.2, 0.25) is 0 Å². The first kappa shape index (κ1) is 24.1. The highest BCUT2D eigenvalue weighted by Gasteiger charge is 2.19. The summed E-state index contributed by atoms with van der Waals surface area (Å²) in [6, 6.07) is 19.0. The van der Waals surface area contributed by atoms with E-state index in [2.05, 4.69) is 15.8 Å². The van der Waals surface area contributed by atoms with Crippen molar-refractivity contribution >= 4 is 57.0 Å². The standard InChI is InChI=1S/C25H17ClFN3O4S/c26-22-18-6-2-4-8-20(18)35-23(22)25(33)34-19-7-3-1-5-16(19)13-29-30-21(31)14-28-24(32)15-9-11-17(27)12-10-15/h1-13H,14H2,(H,28,32)(H,30,31)/b29-13+. The lowest BCUT2D eigenvalue weighted by Gasteiger charge is -2.07. The second-order valence-electron chi connectivity index (χ2n) is 7.15. The van der Waals surface area contributed by atoms with Crippen molar-refractivity contribution < 1.29 is 23.5 Å². The Balaban J connectivity index is 1.36. The SMILES string of the molecule is O=C(CNC(=O)c1ccc(F)cc1)N/N=C/c1ccccc1OC(=O)c1sc2ccccc2c1Cl. The molecule has 0 bridgehead atoms. The third-order valence-electron chi connectivity index (χ3n) is 4.75. The number of hydrazone groups is 1. The van der Waals surface area contributed by atoms with Crippen LogP contribution >= 0.6 is 22.9 Å². The van der Waals surface area contributed by atoms with Crippen LogP contribution in [0.4, 0.5) is 4.39 Å². The summed E-state index contributed by atoms with van der Waals surface area (Å²) in [6.45, 7) is -0.339. The molecule has 35 heavy (non-hydrogen) atoms. The molecule has 1 aromatic heterocycles. The van der Waals surface area contributed by atoms with E-state index in [-0.39, 0.29) is 22.7 Å². The van der Waals surface area contributed by atoms with Crippen molar-refractivity contribution in [1.29, 1.82) is 0 Å². The molecule has 1 heterocycles. The van der Waals surface area contributed by atoms with Crippen LogP contribution in [0.2, 0.25) is 5.02 Å². The normalized spacial score (nSPS) is 10.9. The summed E-state index contributed by atoms with van der Waals surface area (Å²) in [7, 11) is 0. The summed E-state index contributed by atoms with van der Waals surface area (Å²) < 4.78 is 19.3. The van der Waals surface area contributed by atoms with Crippen LogP contribution in [-0.2, 0) is 4.79 Å². The van der Waals surface area contributed by atoms with Gasteiger partial charge in [0.15, 0.2) is 0 Å². The number of nitrogens with one attached hydrogen (secondary N) is 2. The van der Waals surface area contributed by atoms with Crippen molar-refractivity contribution in [3.8, 4) is 5.75 Å². The number of halogens is 2. The van der Waals surface area contributed by atoms with Gasteiger partial charge in [0, 0.05) is 21.2 Å². The van der Waals surface area contributed by atoms with Gasteiger partial charge in [0.1, 0.15) is 16.4 Å². The fourth-order valence-electron chi connectivity index (χ4n) is 3.05. The number of benzene rings is 3. The second kappa shape index (κ2) is 10.9. The maximum absolute atomic E-state index is 12.9. The van der Waals surface area contributed by atoms with Gasteiger partial charge in [-0.2, -0.15) is 5.10 Å². The molecule has 7 nitrogen and oxygen atoms in total. The van der Waals surface area contributed by atoms with E-state index in [1.54, 1.807) is 24.3 Å². The Hall–Kier alpha value is -4.08. The molecule has 10 heteroatoms. The molecule has 0 aliphatic heterocycles. The van der Waals surface area contributed by atoms with Gasteiger partial charge in [-0.25, -0.2) is 14.6 Å². The number of thiophene rings is 1. The minimum atomic E-state index is -0.607. The Morgan fingerprint density at radius 2 is 1.71 bits per heavy atom. The average molecular weight is 510 g/mol. The lowest BCUT2D eigenvalue weighted by atomic mass is 10.2. The Bertz CT molecular complexity index is 1440. The van der Waals surface area contributed by atoms with Crippen molar-refractivity contribution in [3.05, 3.63) is 99.6 Å². The lowest BCUT2D eigenvalue weighted by Crippen LogP contribution is -2.34. The van der Waals surface area contributed by atoms with Gasteiger partial charge < -0.3 is 10.1 Å². The van der Waals surface area contributed by atoms with E-state index in [1.807, 2.05) is 24.3 Å². The summed E-state index contributed by atoms with van der Waals surface area (Å²) in [5, 5.41) is 7.37.